The highest BCUT2D eigenvalue weighted by Crippen LogP contribution is 2.24. The SMILES string of the molecule is CC[C@H](C(=O)Nc1cccc(C(C)=O)c1)N(c1ccc(F)cc1)S(C)(=O)=O. The molecular weight excluding hydrogens is 371 g/mol. The monoisotopic (exact) mass is 392 g/mol. The molecule has 2 rings (SSSR count). The van der Waals surface area contributed by atoms with Crippen molar-refractivity contribution in [2.75, 3.05) is 15.9 Å². The lowest BCUT2D eigenvalue weighted by Gasteiger charge is -2.30. The van der Waals surface area contributed by atoms with Gasteiger partial charge >= 0.3 is 0 Å². The van der Waals surface area contributed by atoms with Gasteiger partial charge in [0, 0.05) is 11.3 Å². The summed E-state index contributed by atoms with van der Waals surface area (Å²) in [7, 11) is -3.81. The third-order valence-electron chi connectivity index (χ3n) is 3.95. The molecule has 0 saturated carbocycles. The van der Waals surface area contributed by atoms with E-state index in [2.05, 4.69) is 5.32 Å². The molecule has 1 amide bonds. The van der Waals surface area contributed by atoms with Crippen LogP contribution in [0.5, 0.6) is 0 Å². The average molecular weight is 392 g/mol. The van der Waals surface area contributed by atoms with Crippen LogP contribution in [-0.4, -0.2) is 32.4 Å². The van der Waals surface area contributed by atoms with E-state index in [-0.39, 0.29) is 17.9 Å². The normalized spacial score (nSPS) is 12.3. The van der Waals surface area contributed by atoms with Gasteiger partial charge in [-0.05, 0) is 49.7 Å². The first kappa shape index (κ1) is 20.6. The molecule has 0 bridgehead atoms. The molecule has 1 N–H and O–H groups in total. The Hall–Kier alpha value is -2.74. The zero-order valence-electron chi connectivity index (χ0n) is 15.3. The maximum absolute atomic E-state index is 13.2. The molecule has 1 atom stereocenters. The second-order valence-corrected chi connectivity index (χ2v) is 7.94. The largest absolute Gasteiger partial charge is 0.324 e. The Kier molecular flexibility index (Phi) is 6.32. The predicted molar refractivity (Wildman–Crippen MR) is 103 cm³/mol. The number of sulfonamides is 1. The Morgan fingerprint density at radius 2 is 1.78 bits per heavy atom. The van der Waals surface area contributed by atoms with Crippen molar-refractivity contribution >= 4 is 33.1 Å². The van der Waals surface area contributed by atoms with Gasteiger partial charge in [-0.1, -0.05) is 19.1 Å². The van der Waals surface area contributed by atoms with E-state index in [1.807, 2.05) is 0 Å². The number of hydrogen-bond acceptors (Lipinski definition) is 4. The highest BCUT2D eigenvalue weighted by atomic mass is 32.2. The standard InChI is InChI=1S/C19H21FN2O4S/c1-4-18(19(24)21-16-7-5-6-14(12-16)13(2)23)22(27(3,25)26)17-10-8-15(20)9-11-17/h5-12,18H,4H2,1-3H3,(H,21,24)/t18-/m1/s1. The van der Waals surface area contributed by atoms with Gasteiger partial charge in [-0.2, -0.15) is 0 Å². The van der Waals surface area contributed by atoms with E-state index in [0.717, 1.165) is 22.7 Å². The second kappa shape index (κ2) is 8.30. The molecule has 0 aliphatic carbocycles. The van der Waals surface area contributed by atoms with Gasteiger partial charge in [0.15, 0.2) is 5.78 Å². The number of carbonyl (C=O) groups excluding carboxylic acids is 2. The van der Waals surface area contributed by atoms with Gasteiger partial charge < -0.3 is 5.32 Å². The molecule has 0 heterocycles. The fourth-order valence-electron chi connectivity index (χ4n) is 2.69. The van der Waals surface area contributed by atoms with Gasteiger partial charge in [0.05, 0.1) is 11.9 Å². The number of nitrogens with one attached hydrogen (secondary N) is 1. The summed E-state index contributed by atoms with van der Waals surface area (Å²) in [6, 6.07) is 10.2. The Labute approximate surface area is 158 Å². The Bertz CT molecular complexity index is 942. The molecule has 27 heavy (non-hydrogen) atoms. The van der Waals surface area contributed by atoms with E-state index < -0.39 is 27.8 Å². The van der Waals surface area contributed by atoms with Crippen LogP contribution in [0.2, 0.25) is 0 Å². The van der Waals surface area contributed by atoms with Crippen molar-refractivity contribution in [2.24, 2.45) is 0 Å². The van der Waals surface area contributed by atoms with Gasteiger partial charge in [0.25, 0.3) is 0 Å². The Balaban J connectivity index is 2.36. The van der Waals surface area contributed by atoms with Crippen molar-refractivity contribution in [2.45, 2.75) is 26.3 Å². The van der Waals surface area contributed by atoms with E-state index in [4.69, 9.17) is 0 Å². The number of benzene rings is 2. The van der Waals surface area contributed by atoms with Crippen molar-refractivity contribution in [3.8, 4) is 0 Å². The molecule has 144 valence electrons. The number of amides is 1. The molecule has 0 aliphatic heterocycles. The van der Waals surface area contributed by atoms with E-state index in [0.29, 0.717) is 11.3 Å². The van der Waals surface area contributed by atoms with Crippen LogP contribution in [0.25, 0.3) is 0 Å². The van der Waals surface area contributed by atoms with Crippen LogP contribution in [0.4, 0.5) is 15.8 Å². The van der Waals surface area contributed by atoms with Crippen molar-refractivity contribution in [1.82, 2.24) is 0 Å². The van der Waals surface area contributed by atoms with Gasteiger partial charge in [-0.15, -0.1) is 0 Å². The number of ketones is 1. The average Bonchev–Trinajstić information content (AvgIpc) is 2.59. The van der Waals surface area contributed by atoms with Crippen LogP contribution in [0, 0.1) is 5.82 Å². The van der Waals surface area contributed by atoms with Crippen LogP contribution in [0.3, 0.4) is 0 Å². The fraction of sp³-hybridized carbons (Fsp3) is 0.263. The Morgan fingerprint density at radius 1 is 1.15 bits per heavy atom. The molecule has 0 aliphatic rings. The van der Waals surface area contributed by atoms with E-state index in [1.165, 1.54) is 25.1 Å². The van der Waals surface area contributed by atoms with Gasteiger partial charge in [-0.3, -0.25) is 13.9 Å². The first-order valence-corrected chi connectivity index (χ1v) is 10.1. The molecule has 0 saturated heterocycles. The number of rotatable bonds is 7. The van der Waals surface area contributed by atoms with Crippen molar-refractivity contribution < 1.29 is 22.4 Å². The molecule has 0 spiro atoms. The number of carbonyl (C=O) groups is 2. The van der Waals surface area contributed by atoms with Crippen LogP contribution in [0.1, 0.15) is 30.6 Å². The molecule has 8 heteroatoms. The molecule has 0 radical (unpaired) electrons. The summed E-state index contributed by atoms with van der Waals surface area (Å²) in [5.41, 5.74) is 1.01. The van der Waals surface area contributed by atoms with Crippen LogP contribution in [0.15, 0.2) is 48.5 Å². The quantitative estimate of drug-likeness (QED) is 0.734. The molecule has 2 aromatic carbocycles. The number of Topliss-reactive ketones (excluding diaryl/α,β-unsaturated/α-hetero) is 1. The Morgan fingerprint density at radius 3 is 2.30 bits per heavy atom. The smallest absolute Gasteiger partial charge is 0.248 e. The minimum Gasteiger partial charge on any atom is -0.324 e. The van der Waals surface area contributed by atoms with Crippen molar-refractivity contribution in [1.29, 1.82) is 0 Å². The maximum Gasteiger partial charge on any atom is 0.248 e. The van der Waals surface area contributed by atoms with Crippen LogP contribution < -0.4 is 9.62 Å². The lowest BCUT2D eigenvalue weighted by Crippen LogP contribution is -2.47. The fourth-order valence-corrected chi connectivity index (χ4v) is 3.90. The minimum atomic E-state index is -3.81. The molecule has 6 nitrogen and oxygen atoms in total. The van der Waals surface area contributed by atoms with Gasteiger partial charge in [0.1, 0.15) is 11.9 Å². The van der Waals surface area contributed by atoms with Crippen LogP contribution >= 0.6 is 0 Å². The van der Waals surface area contributed by atoms with E-state index in [1.54, 1.807) is 25.1 Å². The topological polar surface area (TPSA) is 83.6 Å². The lowest BCUT2D eigenvalue weighted by atomic mass is 10.1. The third kappa shape index (κ3) is 5.13. The summed E-state index contributed by atoms with van der Waals surface area (Å²) in [6.45, 7) is 3.09. The van der Waals surface area contributed by atoms with Gasteiger partial charge in [-0.25, -0.2) is 12.8 Å². The summed E-state index contributed by atoms with van der Waals surface area (Å²) >= 11 is 0. The summed E-state index contributed by atoms with van der Waals surface area (Å²) in [5, 5.41) is 2.65. The molecular formula is C19H21FN2O4S. The first-order chi connectivity index (χ1) is 12.6. The molecule has 0 fully saturated rings. The van der Waals surface area contributed by atoms with Gasteiger partial charge in [0.2, 0.25) is 15.9 Å². The molecule has 0 unspecified atom stereocenters. The van der Waals surface area contributed by atoms with Crippen molar-refractivity contribution in [3.63, 3.8) is 0 Å². The van der Waals surface area contributed by atoms with E-state index in [9.17, 15) is 22.4 Å². The molecule has 0 aromatic heterocycles. The summed E-state index contributed by atoms with van der Waals surface area (Å²) in [6.07, 6.45) is 1.19. The highest BCUT2D eigenvalue weighted by molar-refractivity contribution is 7.92. The van der Waals surface area contributed by atoms with E-state index >= 15 is 0 Å². The highest BCUT2D eigenvalue weighted by Gasteiger charge is 2.31. The maximum atomic E-state index is 13.2. The zero-order valence-corrected chi connectivity index (χ0v) is 16.1. The second-order valence-electron chi connectivity index (χ2n) is 6.09. The third-order valence-corrected chi connectivity index (χ3v) is 5.13. The number of nitrogens with zero attached hydrogens (tertiary/aromatic N) is 1. The molecule has 2 aromatic rings. The van der Waals surface area contributed by atoms with Crippen molar-refractivity contribution in [3.05, 3.63) is 59.9 Å². The summed E-state index contributed by atoms with van der Waals surface area (Å²) < 4.78 is 38.8. The number of anilines is 2. The lowest BCUT2D eigenvalue weighted by molar-refractivity contribution is -0.117. The number of hydrogen-bond donors (Lipinski definition) is 1. The zero-order chi connectivity index (χ0) is 20.2. The minimum absolute atomic E-state index is 0.151. The summed E-state index contributed by atoms with van der Waals surface area (Å²) in [4.78, 5) is 24.3. The first-order valence-electron chi connectivity index (χ1n) is 8.30. The predicted octanol–water partition coefficient (Wildman–Crippen LogP) is 3.21. The van der Waals surface area contributed by atoms with Crippen LogP contribution in [-0.2, 0) is 14.8 Å². The number of halogens is 1. The summed E-state index contributed by atoms with van der Waals surface area (Å²) in [5.74, 6) is -1.21.